The van der Waals surface area contributed by atoms with E-state index in [0.29, 0.717) is 18.7 Å². The number of hydrogen-bond donors (Lipinski definition) is 3. The summed E-state index contributed by atoms with van der Waals surface area (Å²) in [5.74, 6) is -0.305. The van der Waals surface area contributed by atoms with E-state index in [4.69, 9.17) is 14.6 Å². The molecule has 1 aromatic heterocycles. The fourth-order valence-corrected chi connectivity index (χ4v) is 6.29. The molecule has 0 aliphatic carbocycles. The summed E-state index contributed by atoms with van der Waals surface area (Å²) in [5.41, 5.74) is 3.66. The molecule has 39 heavy (non-hydrogen) atoms. The van der Waals surface area contributed by atoms with Crippen LogP contribution >= 0.6 is 23.1 Å². The molecule has 9 nitrogen and oxygen atoms in total. The molecule has 0 unspecified atom stereocenters. The highest BCUT2D eigenvalue weighted by Crippen LogP contribution is 2.43. The van der Waals surface area contributed by atoms with Crippen LogP contribution in [0.25, 0.3) is 0 Å². The van der Waals surface area contributed by atoms with Gasteiger partial charge in [-0.1, -0.05) is 78.6 Å². The summed E-state index contributed by atoms with van der Waals surface area (Å²) in [6.07, 6.45) is -0.410. The van der Waals surface area contributed by atoms with E-state index >= 15 is 0 Å². The quantitative estimate of drug-likeness (QED) is 0.263. The summed E-state index contributed by atoms with van der Waals surface area (Å²) >= 11 is 3.19. The fraction of sp³-hybridized carbons (Fsp3) is 0.429. The van der Waals surface area contributed by atoms with Gasteiger partial charge < -0.3 is 25.0 Å². The largest absolute Gasteiger partial charge is 0.481 e. The molecule has 0 radical (unpaired) electrons. The maximum atomic E-state index is 12.0. The molecule has 1 aliphatic rings. The van der Waals surface area contributed by atoms with E-state index in [0.717, 1.165) is 31.6 Å². The van der Waals surface area contributed by atoms with Gasteiger partial charge in [0.25, 0.3) is 0 Å². The number of aromatic nitrogens is 2. The molecule has 2 heterocycles. The van der Waals surface area contributed by atoms with Gasteiger partial charge in [-0.25, -0.2) is 0 Å². The zero-order chi connectivity index (χ0) is 27.8. The summed E-state index contributed by atoms with van der Waals surface area (Å²) in [6, 6.07) is 15.6. The van der Waals surface area contributed by atoms with Gasteiger partial charge in [-0.05, 0) is 30.0 Å². The number of carboxylic acid groups (broad SMARTS) is 1. The van der Waals surface area contributed by atoms with E-state index in [1.807, 2.05) is 55.5 Å². The molecule has 4 atom stereocenters. The number of carbonyl (C=O) groups is 2. The highest BCUT2D eigenvalue weighted by molar-refractivity contribution is 8.01. The van der Waals surface area contributed by atoms with Crippen LogP contribution in [0, 0.1) is 12.8 Å². The number of thioether (sulfide) groups is 1. The minimum atomic E-state index is -0.902. The van der Waals surface area contributed by atoms with Gasteiger partial charge in [0.1, 0.15) is 5.01 Å². The molecular formula is C28H33N3O6S2. The second-order valence-corrected chi connectivity index (χ2v) is 11.9. The van der Waals surface area contributed by atoms with Crippen LogP contribution in [0.15, 0.2) is 52.9 Å². The average Bonchev–Trinajstić information content (AvgIpc) is 3.36. The highest BCUT2D eigenvalue weighted by atomic mass is 32.2. The molecule has 4 rings (SSSR count). The number of aliphatic carboxylic acids is 1. The lowest BCUT2D eigenvalue weighted by molar-refractivity contribution is -0.268. The number of amides is 1. The number of aliphatic hydroxyl groups excluding tert-OH is 1. The smallest absolute Gasteiger partial charge is 0.303 e. The van der Waals surface area contributed by atoms with E-state index in [9.17, 15) is 14.7 Å². The molecule has 1 saturated heterocycles. The molecule has 0 bridgehead atoms. The third-order valence-corrected chi connectivity index (χ3v) is 8.60. The maximum absolute atomic E-state index is 12.0. The van der Waals surface area contributed by atoms with Crippen LogP contribution in [-0.2, 0) is 32.2 Å². The van der Waals surface area contributed by atoms with Gasteiger partial charge in [-0.3, -0.25) is 9.59 Å². The Kier molecular flexibility index (Phi) is 10.5. The first kappa shape index (κ1) is 29.2. The molecule has 3 N–H and O–H groups in total. The van der Waals surface area contributed by atoms with Crippen molar-refractivity contribution in [2.45, 2.75) is 69.1 Å². The Bertz CT molecular complexity index is 1230. The predicted molar refractivity (Wildman–Crippen MR) is 148 cm³/mol. The molecule has 1 amide bonds. The average molecular weight is 572 g/mol. The van der Waals surface area contributed by atoms with E-state index in [2.05, 4.69) is 22.4 Å². The Morgan fingerprint density at radius 1 is 1.00 bits per heavy atom. The number of benzene rings is 2. The Balaban J connectivity index is 1.44. The molecule has 3 aromatic rings. The summed E-state index contributed by atoms with van der Waals surface area (Å²) in [6.45, 7) is 4.41. The number of aliphatic hydroxyl groups is 1. The molecule has 0 saturated carbocycles. The minimum Gasteiger partial charge on any atom is -0.481 e. The number of ether oxygens (including phenoxy) is 2. The molecule has 11 heteroatoms. The molecule has 1 fully saturated rings. The standard InChI is InChI=1S/C28H33N3O6S2/c1-17-23(16-38-28-31-30-18(2)39-28)36-27(37-26(17)21-10-8-20(15-32)9-11-21)22-12-6-19(7-13-22)14-29-24(33)4-3-5-25(34)35/h6-13,17,23,26-27,32H,3-5,14-16H2,1-2H3,(H,29,33)(H,34,35)/t17-,23+,26+,27+/m0/s1. The molecular weight excluding hydrogens is 538 g/mol. The highest BCUT2D eigenvalue weighted by Gasteiger charge is 2.38. The van der Waals surface area contributed by atoms with E-state index in [-0.39, 0.29) is 43.5 Å². The topological polar surface area (TPSA) is 131 Å². The number of nitrogens with one attached hydrogen (secondary N) is 1. The van der Waals surface area contributed by atoms with Gasteiger partial charge in [0.15, 0.2) is 10.6 Å². The van der Waals surface area contributed by atoms with Gasteiger partial charge in [-0.2, -0.15) is 0 Å². The lowest BCUT2D eigenvalue weighted by atomic mass is 9.91. The van der Waals surface area contributed by atoms with Crippen molar-refractivity contribution in [3.05, 3.63) is 75.8 Å². The summed E-state index contributed by atoms with van der Waals surface area (Å²) < 4.78 is 13.9. The van der Waals surface area contributed by atoms with Gasteiger partial charge >= 0.3 is 5.97 Å². The number of hydrogen-bond acceptors (Lipinski definition) is 9. The fourth-order valence-electron chi connectivity index (χ4n) is 4.28. The molecule has 1 aliphatic heterocycles. The zero-order valence-corrected chi connectivity index (χ0v) is 23.5. The normalized spacial score (nSPS) is 21.0. The van der Waals surface area contributed by atoms with Crippen LogP contribution in [0.4, 0.5) is 0 Å². The third-order valence-electron chi connectivity index (χ3n) is 6.54. The second-order valence-electron chi connectivity index (χ2n) is 9.49. The van der Waals surface area contributed by atoms with Gasteiger partial charge in [0.05, 0.1) is 18.8 Å². The lowest BCUT2D eigenvalue weighted by Gasteiger charge is -2.41. The molecule has 208 valence electrons. The number of nitrogens with zero attached hydrogens (tertiary/aromatic N) is 2. The number of aryl methyl sites for hydroxylation is 1. The summed E-state index contributed by atoms with van der Waals surface area (Å²) in [7, 11) is 0. The van der Waals surface area contributed by atoms with Crippen molar-refractivity contribution in [3.63, 3.8) is 0 Å². The third kappa shape index (κ3) is 8.33. The monoisotopic (exact) mass is 571 g/mol. The van der Waals surface area contributed by atoms with Crippen molar-refractivity contribution in [2.75, 3.05) is 5.75 Å². The zero-order valence-electron chi connectivity index (χ0n) is 21.9. The van der Waals surface area contributed by atoms with E-state index < -0.39 is 12.3 Å². The van der Waals surface area contributed by atoms with E-state index in [1.165, 1.54) is 0 Å². The van der Waals surface area contributed by atoms with Gasteiger partial charge in [-0.15, -0.1) is 10.2 Å². The SMILES string of the molecule is Cc1nnc(SC[C@H]2O[C@@H](c3ccc(CNC(=O)CCCC(=O)O)cc3)O[C@@H](c3ccc(CO)cc3)[C@H]2C)s1. The van der Waals surface area contributed by atoms with Gasteiger partial charge in [0.2, 0.25) is 5.91 Å². The summed E-state index contributed by atoms with van der Waals surface area (Å²) in [4.78, 5) is 22.6. The van der Waals surface area contributed by atoms with E-state index in [1.54, 1.807) is 23.1 Å². The Morgan fingerprint density at radius 2 is 1.69 bits per heavy atom. The van der Waals surface area contributed by atoms with Crippen molar-refractivity contribution in [3.8, 4) is 0 Å². The van der Waals surface area contributed by atoms with Crippen molar-refractivity contribution < 1.29 is 29.3 Å². The second kappa shape index (κ2) is 14.0. The van der Waals surface area contributed by atoms with Crippen LogP contribution in [0.1, 0.15) is 65.8 Å². The Hall–Kier alpha value is -2.83. The van der Waals surface area contributed by atoms with Crippen LogP contribution in [0.2, 0.25) is 0 Å². The first-order chi connectivity index (χ1) is 18.8. The first-order valence-corrected chi connectivity index (χ1v) is 14.6. The number of carbonyl (C=O) groups excluding carboxylic acids is 1. The van der Waals surface area contributed by atoms with Crippen LogP contribution < -0.4 is 5.32 Å². The van der Waals surface area contributed by atoms with Crippen LogP contribution in [-0.4, -0.2) is 44.1 Å². The number of rotatable bonds is 12. The Labute approximate surface area is 236 Å². The van der Waals surface area contributed by atoms with Crippen LogP contribution in [0.3, 0.4) is 0 Å². The minimum absolute atomic E-state index is 0.0111. The van der Waals surface area contributed by atoms with Gasteiger partial charge in [0, 0.05) is 36.6 Å². The van der Waals surface area contributed by atoms with Crippen molar-refractivity contribution in [2.24, 2.45) is 5.92 Å². The number of carboxylic acids is 1. The summed E-state index contributed by atoms with van der Waals surface area (Å²) in [5, 5.41) is 30.3. The molecule has 2 aromatic carbocycles. The lowest BCUT2D eigenvalue weighted by Crippen LogP contribution is -2.38. The Morgan fingerprint density at radius 3 is 2.33 bits per heavy atom. The predicted octanol–water partition coefficient (Wildman–Crippen LogP) is 4.79. The van der Waals surface area contributed by atoms with Crippen molar-refractivity contribution >= 4 is 35.0 Å². The first-order valence-electron chi connectivity index (χ1n) is 12.8. The van der Waals surface area contributed by atoms with Crippen LogP contribution in [0.5, 0.6) is 0 Å². The van der Waals surface area contributed by atoms with Crippen molar-refractivity contribution in [1.82, 2.24) is 15.5 Å². The maximum Gasteiger partial charge on any atom is 0.303 e. The molecule has 0 spiro atoms. The van der Waals surface area contributed by atoms with Crippen molar-refractivity contribution in [1.29, 1.82) is 0 Å².